The van der Waals surface area contributed by atoms with E-state index in [1.165, 1.54) is 5.32 Å². The van der Waals surface area contributed by atoms with Crippen LogP contribution >= 0.6 is 0 Å². The Kier molecular flexibility index (Phi) is 2.67. The molecule has 1 atom stereocenters. The van der Waals surface area contributed by atoms with Crippen molar-refractivity contribution in [2.75, 3.05) is 0 Å². The largest absolute Gasteiger partial charge is 0.480 e. The number of halogens is 3. The van der Waals surface area contributed by atoms with Crippen LogP contribution in [0.1, 0.15) is 19.8 Å². The number of rotatable bonds is 3. The Hall–Kier alpha value is -1.27. The number of carboxylic acids is 1. The highest BCUT2D eigenvalue weighted by Gasteiger charge is 2.52. The Balaban J connectivity index is 2.76. The van der Waals surface area contributed by atoms with Crippen LogP contribution in [-0.4, -0.2) is 28.7 Å². The number of alkyl halides is 3. The van der Waals surface area contributed by atoms with Crippen molar-refractivity contribution in [1.29, 1.82) is 0 Å². The van der Waals surface area contributed by atoms with Gasteiger partial charge in [0, 0.05) is 0 Å². The molecule has 0 aromatic carbocycles. The quantitative estimate of drug-likeness (QED) is 0.750. The number of hydrogen-bond acceptors (Lipinski definition) is 2. The molecule has 15 heavy (non-hydrogen) atoms. The van der Waals surface area contributed by atoms with Crippen molar-refractivity contribution in [3.8, 4) is 0 Å². The number of carbonyl (C=O) groups excluding carboxylic acids is 1. The van der Waals surface area contributed by atoms with Crippen LogP contribution in [0.25, 0.3) is 0 Å². The van der Waals surface area contributed by atoms with Gasteiger partial charge in [-0.1, -0.05) is 0 Å². The fraction of sp³-hybridized carbons (Fsp3) is 0.750. The maximum atomic E-state index is 11.9. The smallest absolute Gasteiger partial charge is 0.471 e. The van der Waals surface area contributed by atoms with E-state index in [1.807, 2.05) is 0 Å². The van der Waals surface area contributed by atoms with Crippen molar-refractivity contribution < 1.29 is 27.9 Å². The van der Waals surface area contributed by atoms with Crippen LogP contribution in [0.5, 0.6) is 0 Å². The number of carboxylic acid groups (broad SMARTS) is 1. The molecule has 7 heteroatoms. The van der Waals surface area contributed by atoms with Gasteiger partial charge in [0.05, 0.1) is 0 Å². The molecule has 1 saturated carbocycles. The highest BCUT2D eigenvalue weighted by atomic mass is 19.4. The number of hydrogen-bond donors (Lipinski definition) is 2. The van der Waals surface area contributed by atoms with Gasteiger partial charge in [-0.2, -0.15) is 13.2 Å². The van der Waals surface area contributed by atoms with Crippen molar-refractivity contribution in [3.05, 3.63) is 0 Å². The van der Waals surface area contributed by atoms with Gasteiger partial charge >= 0.3 is 18.1 Å². The van der Waals surface area contributed by atoms with Crippen LogP contribution in [0.15, 0.2) is 0 Å². The number of carbonyl (C=O) groups is 2. The molecule has 1 aliphatic rings. The maximum absolute atomic E-state index is 11.9. The van der Waals surface area contributed by atoms with Gasteiger partial charge < -0.3 is 10.4 Å². The molecule has 1 amide bonds. The summed E-state index contributed by atoms with van der Waals surface area (Å²) in [5.74, 6) is -4.07. The highest BCUT2D eigenvalue weighted by molar-refractivity contribution is 5.89. The van der Waals surface area contributed by atoms with Crippen molar-refractivity contribution in [1.82, 2.24) is 5.32 Å². The molecule has 0 unspecified atom stereocenters. The van der Waals surface area contributed by atoms with Crippen LogP contribution in [0.2, 0.25) is 0 Å². The van der Waals surface area contributed by atoms with Gasteiger partial charge in [-0.15, -0.1) is 0 Å². The molecule has 2 N–H and O–H groups in total. The molecule has 86 valence electrons. The highest BCUT2D eigenvalue weighted by Crippen LogP contribution is 2.40. The van der Waals surface area contributed by atoms with E-state index in [0.29, 0.717) is 12.8 Å². The second-order valence-corrected chi connectivity index (χ2v) is 3.73. The van der Waals surface area contributed by atoms with E-state index in [4.69, 9.17) is 5.11 Å². The monoisotopic (exact) mass is 225 g/mol. The molecule has 1 aliphatic carbocycles. The molecule has 0 aliphatic heterocycles. The predicted molar refractivity (Wildman–Crippen MR) is 43.0 cm³/mol. The Bertz CT molecular complexity index is 298. The van der Waals surface area contributed by atoms with Crippen molar-refractivity contribution in [2.45, 2.75) is 31.5 Å². The second-order valence-electron chi connectivity index (χ2n) is 3.73. The predicted octanol–water partition coefficient (Wildman–Crippen LogP) is 0.918. The lowest BCUT2D eigenvalue weighted by Gasteiger charge is -2.26. The third kappa shape index (κ3) is 2.40. The first-order chi connectivity index (χ1) is 6.68. The zero-order valence-electron chi connectivity index (χ0n) is 7.89. The fourth-order valence-corrected chi connectivity index (χ4v) is 1.30. The maximum Gasteiger partial charge on any atom is 0.471 e. The molecule has 0 aromatic rings. The first kappa shape index (κ1) is 11.8. The third-order valence-electron chi connectivity index (χ3n) is 2.47. The lowest BCUT2D eigenvalue weighted by molar-refractivity contribution is -0.177. The van der Waals surface area contributed by atoms with Crippen molar-refractivity contribution in [3.63, 3.8) is 0 Å². The van der Waals surface area contributed by atoms with E-state index in [9.17, 15) is 22.8 Å². The molecule has 0 radical (unpaired) electrons. The van der Waals surface area contributed by atoms with E-state index in [0.717, 1.165) is 6.92 Å². The van der Waals surface area contributed by atoms with Gasteiger partial charge in [0.15, 0.2) is 0 Å². The first-order valence-corrected chi connectivity index (χ1v) is 4.30. The number of aliphatic carboxylic acids is 1. The summed E-state index contributed by atoms with van der Waals surface area (Å²) in [5, 5.41) is 10.3. The Labute approximate surface area is 83.5 Å². The molecule has 0 spiro atoms. The van der Waals surface area contributed by atoms with Crippen LogP contribution in [0.3, 0.4) is 0 Å². The van der Waals surface area contributed by atoms with Crippen molar-refractivity contribution in [2.24, 2.45) is 5.92 Å². The lowest BCUT2D eigenvalue weighted by Crippen LogP contribution is -2.57. The van der Waals surface area contributed by atoms with Crippen molar-refractivity contribution >= 4 is 11.9 Å². The molecule has 4 nitrogen and oxygen atoms in total. The summed E-state index contributed by atoms with van der Waals surface area (Å²) in [6, 6.07) is 0. The Morgan fingerprint density at radius 1 is 1.33 bits per heavy atom. The zero-order valence-corrected chi connectivity index (χ0v) is 7.89. The lowest BCUT2D eigenvalue weighted by atomic mass is 9.96. The molecule has 0 aromatic heterocycles. The summed E-state index contributed by atoms with van der Waals surface area (Å²) < 4.78 is 35.8. The third-order valence-corrected chi connectivity index (χ3v) is 2.47. The standard InChI is InChI=1S/C8H10F3NO3/c1-7(6(14)15,4-2-3-4)12-5(13)8(9,10)11/h4H,2-3H2,1H3,(H,12,13)(H,14,15)/t7-/m0/s1. The second kappa shape index (κ2) is 3.39. The minimum absolute atomic E-state index is 0.415. The molecule has 0 heterocycles. The average molecular weight is 225 g/mol. The topological polar surface area (TPSA) is 66.4 Å². The molecule has 0 saturated heterocycles. The van der Waals surface area contributed by atoms with E-state index in [1.54, 1.807) is 0 Å². The normalized spacial score (nSPS) is 20.5. The average Bonchev–Trinajstić information content (AvgIpc) is 2.83. The Morgan fingerprint density at radius 2 is 1.80 bits per heavy atom. The summed E-state index contributed by atoms with van der Waals surface area (Å²) in [6.45, 7) is 1.09. The summed E-state index contributed by atoms with van der Waals surface area (Å²) >= 11 is 0. The molecular weight excluding hydrogens is 215 g/mol. The zero-order chi connectivity index (χ0) is 11.9. The van der Waals surface area contributed by atoms with Gasteiger partial charge in [-0.05, 0) is 25.7 Å². The van der Waals surface area contributed by atoms with Crippen LogP contribution in [0.4, 0.5) is 13.2 Å². The molecular formula is C8H10F3NO3. The van der Waals surface area contributed by atoms with Gasteiger partial charge in [0.2, 0.25) is 0 Å². The first-order valence-electron chi connectivity index (χ1n) is 4.30. The summed E-state index contributed by atoms with van der Waals surface area (Å²) in [6.07, 6.45) is -4.02. The van der Waals surface area contributed by atoms with E-state index < -0.39 is 29.5 Å². The van der Waals surface area contributed by atoms with E-state index in [-0.39, 0.29) is 0 Å². The summed E-state index contributed by atoms with van der Waals surface area (Å²) in [4.78, 5) is 21.4. The summed E-state index contributed by atoms with van der Waals surface area (Å²) in [5.41, 5.74) is -1.81. The number of amides is 1. The minimum Gasteiger partial charge on any atom is -0.480 e. The van der Waals surface area contributed by atoms with Crippen LogP contribution < -0.4 is 5.32 Å². The van der Waals surface area contributed by atoms with Gasteiger partial charge in [0.25, 0.3) is 0 Å². The fourth-order valence-electron chi connectivity index (χ4n) is 1.30. The number of nitrogens with one attached hydrogen (secondary N) is 1. The van der Waals surface area contributed by atoms with E-state index in [2.05, 4.69) is 0 Å². The van der Waals surface area contributed by atoms with Crippen LogP contribution in [-0.2, 0) is 9.59 Å². The van der Waals surface area contributed by atoms with Crippen LogP contribution in [0, 0.1) is 5.92 Å². The van der Waals surface area contributed by atoms with Gasteiger partial charge in [0.1, 0.15) is 5.54 Å². The molecule has 1 fully saturated rings. The van der Waals surface area contributed by atoms with Gasteiger partial charge in [-0.3, -0.25) is 4.79 Å². The molecule has 0 bridgehead atoms. The summed E-state index contributed by atoms with van der Waals surface area (Å²) in [7, 11) is 0. The molecule has 1 rings (SSSR count). The van der Waals surface area contributed by atoms with Gasteiger partial charge in [-0.25, -0.2) is 4.79 Å². The SMILES string of the molecule is C[C@@](NC(=O)C(F)(F)F)(C(=O)O)C1CC1. The Morgan fingerprint density at radius 3 is 2.07 bits per heavy atom. The minimum atomic E-state index is -5.05. The van der Waals surface area contributed by atoms with E-state index >= 15 is 0 Å².